The number of rotatable bonds is 6. The van der Waals surface area contributed by atoms with Crippen molar-refractivity contribution >= 4 is 5.91 Å². The van der Waals surface area contributed by atoms with Gasteiger partial charge in [0.15, 0.2) is 0 Å². The highest BCUT2D eigenvalue weighted by atomic mass is 16.2. The maximum atomic E-state index is 13.1. The summed E-state index contributed by atoms with van der Waals surface area (Å²) in [4.78, 5) is 19.9. The molecule has 6 heteroatoms. The van der Waals surface area contributed by atoms with E-state index in [0.717, 1.165) is 57.5 Å². The molecule has 2 saturated heterocycles. The molecule has 2 fully saturated rings. The number of likely N-dealkylation sites (tertiary alicyclic amines) is 2. The average Bonchev–Trinajstić information content (AvgIpc) is 3.24. The van der Waals surface area contributed by atoms with Crippen LogP contribution in [0.4, 0.5) is 0 Å². The van der Waals surface area contributed by atoms with Crippen LogP contribution in [0, 0.1) is 5.41 Å². The van der Waals surface area contributed by atoms with Crippen LogP contribution in [0.1, 0.15) is 38.2 Å². The minimum atomic E-state index is 0.0673. The molecule has 1 aromatic rings. The van der Waals surface area contributed by atoms with Gasteiger partial charge in [-0.3, -0.25) is 14.8 Å². The van der Waals surface area contributed by atoms with Gasteiger partial charge in [0.05, 0.1) is 12.2 Å². The predicted molar refractivity (Wildman–Crippen MR) is 99.4 cm³/mol. The number of nitrogens with one attached hydrogen (secondary N) is 1. The Kier molecular flexibility index (Phi) is 5.79. The Morgan fingerprint density at radius 1 is 1.44 bits per heavy atom. The van der Waals surface area contributed by atoms with Crippen LogP contribution in [0.3, 0.4) is 0 Å². The Morgan fingerprint density at radius 2 is 2.20 bits per heavy atom. The van der Waals surface area contributed by atoms with Gasteiger partial charge in [-0.25, -0.2) is 0 Å². The number of hydrogen-bond donors (Lipinski definition) is 1. The van der Waals surface area contributed by atoms with Gasteiger partial charge >= 0.3 is 0 Å². The third kappa shape index (κ3) is 4.23. The van der Waals surface area contributed by atoms with Crippen LogP contribution in [0.2, 0.25) is 0 Å². The lowest BCUT2D eigenvalue weighted by Crippen LogP contribution is -2.44. The molecular formula is C19H33N5O. The third-order valence-corrected chi connectivity index (χ3v) is 6.12. The van der Waals surface area contributed by atoms with Gasteiger partial charge in [-0.15, -0.1) is 0 Å². The number of carbonyl (C=O) groups excluding carboxylic acids is 1. The molecule has 2 aliphatic heterocycles. The van der Waals surface area contributed by atoms with Gasteiger partial charge in [-0.2, -0.15) is 5.10 Å². The second-order valence-corrected chi connectivity index (χ2v) is 8.11. The van der Waals surface area contributed by atoms with Crippen molar-refractivity contribution < 1.29 is 4.79 Å². The summed E-state index contributed by atoms with van der Waals surface area (Å²) < 4.78 is 0. The van der Waals surface area contributed by atoms with Gasteiger partial charge in [0.25, 0.3) is 0 Å². The highest BCUT2D eigenvalue weighted by Crippen LogP contribution is 2.43. The number of amides is 1. The van der Waals surface area contributed by atoms with Crippen molar-refractivity contribution in [3.05, 3.63) is 18.0 Å². The molecule has 2 aliphatic rings. The molecule has 1 spiro atoms. The Bertz CT molecular complexity index is 550. The summed E-state index contributed by atoms with van der Waals surface area (Å²) in [5, 5.41) is 6.82. The normalized spacial score (nSPS) is 24.0. The summed E-state index contributed by atoms with van der Waals surface area (Å²) in [6.45, 7) is 7.42. The monoisotopic (exact) mass is 347 g/mol. The summed E-state index contributed by atoms with van der Waals surface area (Å²) >= 11 is 0. The molecular weight excluding hydrogens is 314 g/mol. The summed E-state index contributed by atoms with van der Waals surface area (Å²) in [7, 11) is 4.16. The molecule has 1 N–H and O–H groups in total. The van der Waals surface area contributed by atoms with E-state index in [9.17, 15) is 4.79 Å². The first-order valence-corrected chi connectivity index (χ1v) is 9.68. The van der Waals surface area contributed by atoms with Gasteiger partial charge in [0.2, 0.25) is 5.91 Å². The Hall–Kier alpha value is -1.40. The van der Waals surface area contributed by atoms with E-state index in [1.54, 1.807) is 0 Å². The number of piperidine rings is 1. The molecule has 3 rings (SSSR count). The topological polar surface area (TPSA) is 55.5 Å². The standard InChI is InChI=1S/C19H33N5O/c1-4-8-24-15-19(6-10-22(2)11-7-19)12-17(24)18(25)23(3)9-5-16-13-20-21-14-16/h13-14,17H,4-12,15H2,1-3H3,(H,20,21). The molecule has 1 aromatic heterocycles. The maximum Gasteiger partial charge on any atom is 0.239 e. The highest BCUT2D eigenvalue weighted by molar-refractivity contribution is 5.82. The van der Waals surface area contributed by atoms with E-state index in [0.29, 0.717) is 11.3 Å². The van der Waals surface area contributed by atoms with Crippen molar-refractivity contribution in [2.45, 2.75) is 45.1 Å². The summed E-state index contributed by atoms with van der Waals surface area (Å²) in [6, 6.07) is 0.0673. The molecule has 1 unspecified atom stereocenters. The molecule has 6 nitrogen and oxygen atoms in total. The Morgan fingerprint density at radius 3 is 2.84 bits per heavy atom. The molecule has 0 bridgehead atoms. The van der Waals surface area contributed by atoms with E-state index >= 15 is 0 Å². The fraction of sp³-hybridized carbons (Fsp3) is 0.789. The SMILES string of the molecule is CCCN1CC2(CCN(C)CC2)CC1C(=O)N(C)CCc1cn[nH]c1. The fourth-order valence-electron chi connectivity index (χ4n) is 4.44. The first kappa shape index (κ1) is 18.4. The minimum absolute atomic E-state index is 0.0673. The van der Waals surface area contributed by atoms with E-state index in [1.807, 2.05) is 24.3 Å². The molecule has 0 aliphatic carbocycles. The number of aromatic nitrogens is 2. The number of likely N-dealkylation sites (N-methyl/N-ethyl adjacent to an activating group) is 1. The second kappa shape index (κ2) is 7.87. The smallest absolute Gasteiger partial charge is 0.239 e. The van der Waals surface area contributed by atoms with E-state index in [2.05, 4.69) is 34.0 Å². The number of carbonyl (C=O) groups is 1. The van der Waals surface area contributed by atoms with Crippen molar-refractivity contribution in [2.75, 3.05) is 46.8 Å². The molecule has 0 aromatic carbocycles. The van der Waals surface area contributed by atoms with E-state index in [-0.39, 0.29) is 6.04 Å². The van der Waals surface area contributed by atoms with Crippen molar-refractivity contribution in [3.8, 4) is 0 Å². The van der Waals surface area contributed by atoms with Crippen molar-refractivity contribution in [1.29, 1.82) is 0 Å². The van der Waals surface area contributed by atoms with E-state index in [1.165, 1.54) is 12.8 Å². The van der Waals surface area contributed by atoms with Gasteiger partial charge in [0.1, 0.15) is 0 Å². The minimum Gasteiger partial charge on any atom is -0.344 e. The lowest BCUT2D eigenvalue weighted by atomic mass is 9.76. The van der Waals surface area contributed by atoms with E-state index < -0.39 is 0 Å². The second-order valence-electron chi connectivity index (χ2n) is 8.11. The fourth-order valence-corrected chi connectivity index (χ4v) is 4.44. The quantitative estimate of drug-likeness (QED) is 0.849. The van der Waals surface area contributed by atoms with Crippen molar-refractivity contribution in [3.63, 3.8) is 0 Å². The largest absolute Gasteiger partial charge is 0.344 e. The molecule has 140 valence electrons. The Labute approximate surface area is 151 Å². The van der Waals surface area contributed by atoms with Crippen molar-refractivity contribution in [2.24, 2.45) is 5.41 Å². The lowest BCUT2D eigenvalue weighted by Gasteiger charge is -2.37. The number of nitrogens with zero attached hydrogens (tertiary/aromatic N) is 4. The van der Waals surface area contributed by atoms with Crippen LogP contribution in [-0.2, 0) is 11.2 Å². The van der Waals surface area contributed by atoms with Gasteiger partial charge in [0, 0.05) is 26.3 Å². The van der Waals surface area contributed by atoms with E-state index in [4.69, 9.17) is 0 Å². The van der Waals surface area contributed by atoms with Gasteiger partial charge < -0.3 is 9.80 Å². The molecule has 1 amide bonds. The van der Waals surface area contributed by atoms with Crippen LogP contribution in [0.25, 0.3) is 0 Å². The number of aromatic amines is 1. The molecule has 0 saturated carbocycles. The van der Waals surface area contributed by atoms with Crippen LogP contribution in [-0.4, -0.2) is 83.7 Å². The zero-order valence-electron chi connectivity index (χ0n) is 16.0. The summed E-state index contributed by atoms with van der Waals surface area (Å²) in [5.74, 6) is 0.299. The van der Waals surface area contributed by atoms with Gasteiger partial charge in [-0.05, 0) is 69.8 Å². The lowest BCUT2D eigenvalue weighted by molar-refractivity contribution is -0.134. The first-order chi connectivity index (χ1) is 12.0. The zero-order valence-corrected chi connectivity index (χ0v) is 16.0. The van der Waals surface area contributed by atoms with Crippen LogP contribution >= 0.6 is 0 Å². The maximum absolute atomic E-state index is 13.1. The predicted octanol–water partition coefficient (Wildman–Crippen LogP) is 1.61. The number of hydrogen-bond acceptors (Lipinski definition) is 4. The third-order valence-electron chi connectivity index (χ3n) is 6.12. The van der Waals surface area contributed by atoms with Crippen molar-refractivity contribution in [1.82, 2.24) is 24.9 Å². The first-order valence-electron chi connectivity index (χ1n) is 9.68. The van der Waals surface area contributed by atoms with Crippen LogP contribution in [0.15, 0.2) is 12.4 Å². The van der Waals surface area contributed by atoms with Gasteiger partial charge in [-0.1, -0.05) is 6.92 Å². The van der Waals surface area contributed by atoms with Crippen LogP contribution in [0.5, 0.6) is 0 Å². The average molecular weight is 348 g/mol. The van der Waals surface area contributed by atoms with Crippen LogP contribution < -0.4 is 0 Å². The summed E-state index contributed by atoms with van der Waals surface area (Å²) in [6.07, 6.45) is 9.21. The summed E-state index contributed by atoms with van der Waals surface area (Å²) in [5.41, 5.74) is 1.51. The molecule has 25 heavy (non-hydrogen) atoms. The zero-order chi connectivity index (χ0) is 17.9. The molecule has 0 radical (unpaired) electrons. The molecule has 1 atom stereocenters. The Balaban J connectivity index is 1.62. The highest BCUT2D eigenvalue weighted by Gasteiger charge is 2.47. The number of H-pyrrole nitrogens is 1. The molecule has 3 heterocycles.